The van der Waals surface area contributed by atoms with Gasteiger partial charge in [-0.1, -0.05) is 133 Å². The third kappa shape index (κ3) is 6.15. The number of hydrogen-bond acceptors (Lipinski definition) is 6. The number of nitriles is 1. The van der Waals surface area contributed by atoms with Crippen LogP contribution in [0.5, 0.6) is 0 Å². The smallest absolute Gasteiger partial charge is 0.104 e. The van der Waals surface area contributed by atoms with Crippen molar-refractivity contribution in [1.29, 1.82) is 5.26 Å². The monoisotopic (exact) mass is 996 g/mol. The summed E-state index contributed by atoms with van der Waals surface area (Å²) in [7, 11) is 0. The van der Waals surface area contributed by atoms with Crippen molar-refractivity contribution in [2.45, 2.75) is 0 Å². The highest BCUT2D eigenvalue weighted by atomic mass is 15.1. The summed E-state index contributed by atoms with van der Waals surface area (Å²) in [6.45, 7) is 0. The van der Waals surface area contributed by atoms with Crippen molar-refractivity contribution in [2.24, 2.45) is 0 Å². The maximum absolute atomic E-state index is 12.9. The Morgan fingerprint density at radius 3 is 1.10 bits per heavy atom. The fourth-order valence-corrected chi connectivity index (χ4v) is 12.4. The van der Waals surface area contributed by atoms with Crippen molar-refractivity contribution in [3.63, 3.8) is 0 Å². The Morgan fingerprint density at radius 1 is 0.308 bits per heavy atom. The van der Waals surface area contributed by atoms with Gasteiger partial charge >= 0.3 is 0 Å². The lowest BCUT2D eigenvalue weighted by Crippen LogP contribution is -2.17. The third-order valence-electron chi connectivity index (χ3n) is 15.6. The van der Waals surface area contributed by atoms with Gasteiger partial charge in [-0.25, -0.2) is 4.98 Å². The lowest BCUT2D eigenvalue weighted by molar-refractivity contribution is 1.02. The molecule has 0 bridgehead atoms. The molecule has 16 rings (SSSR count). The standard InChI is InChI=1S/C68H40N10/c69-37-53-65(75-55-23-11-7-19-44(55)48-29-33-70-38-59(48)75)63(52-27-28-54(42-15-3-1-4-16-42)74-64(52)43-17-5-2-6-18-43)67(77-57-25-13-9-21-46(57)50-31-35-72-40-61(50)77)68(78-58-26-14-10-22-47(58)51-32-36-73-41-62(51)78)66(53)76-56-24-12-8-20-45(56)49-30-34-71-39-60(49)76/h1-36,38-41H. The molecule has 0 aliphatic rings. The summed E-state index contributed by atoms with van der Waals surface area (Å²) in [5.74, 6) is 0. The molecule has 0 saturated heterocycles. The number of aromatic nitrogens is 9. The Morgan fingerprint density at radius 2 is 0.667 bits per heavy atom. The van der Waals surface area contributed by atoms with Crippen LogP contribution in [0, 0.1) is 11.3 Å². The van der Waals surface area contributed by atoms with Gasteiger partial charge in [0, 0.05) is 90.1 Å². The summed E-state index contributed by atoms with van der Waals surface area (Å²) in [4.78, 5) is 25.2. The van der Waals surface area contributed by atoms with Crippen molar-refractivity contribution in [3.05, 3.63) is 249 Å². The number of pyridine rings is 5. The predicted molar refractivity (Wildman–Crippen MR) is 314 cm³/mol. The molecule has 0 aliphatic carbocycles. The minimum absolute atomic E-state index is 0.418. The number of hydrogen-bond donors (Lipinski definition) is 0. The molecule has 0 atom stereocenters. The van der Waals surface area contributed by atoms with Crippen LogP contribution < -0.4 is 0 Å². The first-order chi connectivity index (χ1) is 38.7. The van der Waals surface area contributed by atoms with Gasteiger partial charge in [0.2, 0.25) is 0 Å². The van der Waals surface area contributed by atoms with Crippen LogP contribution in [0.25, 0.3) is 144 Å². The van der Waals surface area contributed by atoms with Crippen LogP contribution in [0.3, 0.4) is 0 Å². The van der Waals surface area contributed by atoms with Crippen LogP contribution in [0.1, 0.15) is 5.56 Å². The summed E-state index contributed by atoms with van der Waals surface area (Å²) < 4.78 is 9.26. The Hall–Kier alpha value is -11.0. The van der Waals surface area contributed by atoms with Crippen molar-refractivity contribution >= 4 is 87.2 Å². The molecule has 0 aliphatic heterocycles. The van der Waals surface area contributed by atoms with Crippen molar-refractivity contribution in [3.8, 4) is 62.5 Å². The highest BCUT2D eigenvalue weighted by molar-refractivity contribution is 6.17. The largest absolute Gasteiger partial charge is 0.306 e. The van der Waals surface area contributed by atoms with Crippen LogP contribution in [0.4, 0.5) is 0 Å². The Bertz CT molecular complexity index is 4960. The third-order valence-corrected chi connectivity index (χ3v) is 15.6. The molecule has 7 aromatic carbocycles. The molecular formula is C68H40N10. The van der Waals surface area contributed by atoms with E-state index in [-0.39, 0.29) is 0 Å². The predicted octanol–water partition coefficient (Wildman–Crippen LogP) is 15.9. The average molecular weight is 997 g/mol. The zero-order valence-corrected chi connectivity index (χ0v) is 41.6. The minimum Gasteiger partial charge on any atom is -0.306 e. The fourth-order valence-electron chi connectivity index (χ4n) is 12.4. The molecule has 78 heavy (non-hydrogen) atoms. The number of nitrogens with zero attached hydrogens (tertiary/aromatic N) is 10. The van der Waals surface area contributed by atoms with E-state index in [1.807, 2.05) is 73.8 Å². The first-order valence-corrected chi connectivity index (χ1v) is 25.9. The number of fused-ring (bicyclic) bond motifs is 12. The van der Waals surface area contributed by atoms with E-state index in [0.717, 1.165) is 132 Å². The molecule has 362 valence electrons. The first kappa shape index (κ1) is 43.4. The second-order valence-electron chi connectivity index (χ2n) is 19.6. The molecule has 10 nitrogen and oxygen atoms in total. The van der Waals surface area contributed by atoms with Gasteiger partial charge in [0.15, 0.2) is 0 Å². The van der Waals surface area contributed by atoms with Gasteiger partial charge < -0.3 is 18.3 Å². The van der Waals surface area contributed by atoms with E-state index >= 15 is 0 Å². The Labute approximate surface area is 445 Å². The minimum atomic E-state index is 0.418. The van der Waals surface area contributed by atoms with Crippen molar-refractivity contribution < 1.29 is 0 Å². The molecule has 16 aromatic rings. The fraction of sp³-hybridized carbons (Fsp3) is 0. The SMILES string of the molecule is N#Cc1c(-n2c3ccccc3c3ccncc32)c(-c2ccc(-c3ccccc3)nc2-c2ccccc2)c(-n2c3ccccc3c3ccncc32)c(-n2c3ccccc3c3ccncc32)c1-n1c2ccccc2c2ccncc21. The van der Waals surface area contributed by atoms with Crippen LogP contribution in [-0.2, 0) is 0 Å². The van der Waals surface area contributed by atoms with Crippen LogP contribution in [0.15, 0.2) is 244 Å². The van der Waals surface area contributed by atoms with E-state index in [9.17, 15) is 5.26 Å². The van der Waals surface area contributed by atoms with Gasteiger partial charge in [-0.05, 0) is 60.7 Å². The van der Waals surface area contributed by atoms with E-state index in [0.29, 0.717) is 16.9 Å². The molecule has 9 aromatic heterocycles. The van der Waals surface area contributed by atoms with Gasteiger partial charge in [-0.2, -0.15) is 5.26 Å². The average Bonchev–Trinajstić information content (AvgIpc) is 4.27. The lowest BCUT2D eigenvalue weighted by atomic mass is 9.90. The van der Waals surface area contributed by atoms with Gasteiger partial charge in [-0.15, -0.1) is 0 Å². The van der Waals surface area contributed by atoms with E-state index in [1.165, 1.54) is 0 Å². The molecule has 0 spiro atoms. The summed E-state index contributed by atoms with van der Waals surface area (Å²) in [6.07, 6.45) is 15.2. The zero-order chi connectivity index (χ0) is 51.4. The summed E-state index contributed by atoms with van der Waals surface area (Å²) in [5.41, 5.74) is 15.4. The molecule has 10 heteroatoms. The lowest BCUT2D eigenvalue weighted by Gasteiger charge is -2.29. The number of para-hydroxylation sites is 4. The van der Waals surface area contributed by atoms with E-state index in [4.69, 9.17) is 24.9 Å². The Kier molecular flexibility index (Phi) is 9.46. The van der Waals surface area contributed by atoms with E-state index in [2.05, 4.69) is 194 Å². The zero-order valence-electron chi connectivity index (χ0n) is 41.6. The van der Waals surface area contributed by atoms with Crippen molar-refractivity contribution in [2.75, 3.05) is 0 Å². The van der Waals surface area contributed by atoms with Gasteiger partial charge in [0.1, 0.15) is 11.6 Å². The molecule has 9 heterocycles. The van der Waals surface area contributed by atoms with Crippen molar-refractivity contribution in [1.82, 2.24) is 43.2 Å². The molecule has 0 saturated carbocycles. The summed E-state index contributed by atoms with van der Waals surface area (Å²) in [5, 5.41) is 21.1. The molecule has 0 amide bonds. The number of benzene rings is 7. The topological polar surface area (TPSA) is 108 Å². The maximum atomic E-state index is 12.9. The van der Waals surface area contributed by atoms with Crippen LogP contribution in [0.2, 0.25) is 0 Å². The van der Waals surface area contributed by atoms with Gasteiger partial charge in [0.05, 0.1) is 103 Å². The molecule has 0 N–H and O–H groups in total. The highest BCUT2D eigenvalue weighted by Crippen LogP contribution is 2.53. The van der Waals surface area contributed by atoms with Crippen LogP contribution in [-0.4, -0.2) is 43.2 Å². The quantitative estimate of drug-likeness (QED) is 0.157. The highest BCUT2D eigenvalue weighted by Gasteiger charge is 2.36. The summed E-state index contributed by atoms with van der Waals surface area (Å²) >= 11 is 0. The van der Waals surface area contributed by atoms with Gasteiger partial charge in [0.25, 0.3) is 0 Å². The second kappa shape index (κ2) is 17.0. The molecule has 0 unspecified atom stereocenters. The summed E-state index contributed by atoms with van der Waals surface area (Å²) in [6, 6.07) is 70.4. The molecule has 0 fully saturated rings. The van der Waals surface area contributed by atoms with E-state index in [1.54, 1.807) is 0 Å². The Balaban J connectivity index is 1.27. The molecular weight excluding hydrogens is 957 g/mol. The first-order valence-electron chi connectivity index (χ1n) is 25.9. The molecule has 0 radical (unpaired) electrons. The maximum Gasteiger partial charge on any atom is 0.104 e. The second-order valence-corrected chi connectivity index (χ2v) is 19.6. The van der Waals surface area contributed by atoms with Crippen LogP contribution >= 0.6 is 0 Å². The van der Waals surface area contributed by atoms with E-state index < -0.39 is 0 Å². The normalized spacial score (nSPS) is 11.8. The van der Waals surface area contributed by atoms with Gasteiger partial charge in [-0.3, -0.25) is 19.9 Å². The number of rotatable bonds is 7.